The number of sulfonamides is 1. The highest BCUT2D eigenvalue weighted by Crippen LogP contribution is 2.41. The molecule has 13 heteroatoms. The van der Waals surface area contributed by atoms with E-state index in [-0.39, 0.29) is 29.4 Å². The van der Waals surface area contributed by atoms with E-state index in [1.165, 1.54) is 22.5 Å². The molecule has 4 rings (SSSR count). The Bertz CT molecular complexity index is 1500. The monoisotopic (exact) mass is 599 g/mol. The van der Waals surface area contributed by atoms with Crippen LogP contribution in [0.5, 0.6) is 0 Å². The van der Waals surface area contributed by atoms with Gasteiger partial charge in [0, 0.05) is 29.5 Å². The van der Waals surface area contributed by atoms with Gasteiger partial charge in [0.2, 0.25) is 10.0 Å². The van der Waals surface area contributed by atoms with Gasteiger partial charge in [-0.2, -0.15) is 4.31 Å². The highest BCUT2D eigenvalue weighted by molar-refractivity contribution is 7.89. The largest absolute Gasteiger partial charge is 0.465 e. The number of benzene rings is 2. The quantitative estimate of drug-likeness (QED) is 0.247. The van der Waals surface area contributed by atoms with E-state index in [0.717, 1.165) is 4.90 Å². The van der Waals surface area contributed by atoms with Gasteiger partial charge in [-0.25, -0.2) is 13.2 Å². The predicted molar refractivity (Wildman–Crippen MR) is 153 cm³/mol. The van der Waals surface area contributed by atoms with Crippen molar-refractivity contribution in [2.24, 2.45) is 10.9 Å². The van der Waals surface area contributed by atoms with E-state index in [2.05, 4.69) is 4.99 Å². The molecular formula is C29H35N4O8S+. The molecule has 0 spiro atoms. The summed E-state index contributed by atoms with van der Waals surface area (Å²) >= 11 is 0. The van der Waals surface area contributed by atoms with E-state index in [4.69, 9.17) is 9.47 Å². The fourth-order valence-electron chi connectivity index (χ4n) is 5.43. The number of ether oxygens (including phenoxy) is 2. The summed E-state index contributed by atoms with van der Waals surface area (Å²) in [6.45, 7) is 7.41. The fraction of sp³-hybridized carbons (Fsp3) is 0.414. The minimum Gasteiger partial charge on any atom is -0.465 e. The van der Waals surface area contributed by atoms with E-state index in [0.29, 0.717) is 49.7 Å². The van der Waals surface area contributed by atoms with Gasteiger partial charge in [0.25, 0.3) is 5.69 Å². The molecule has 0 aromatic heterocycles. The SMILES string of the molecule is CCOC(=O)C1C(C)=NC(C)=C(C(=O)OCC[NH+]2CCN(S(=O)(=O)c3ccccc3)CC2)[C@@H]1c1cccc([N+](=O)[O-])c1. The van der Waals surface area contributed by atoms with Gasteiger partial charge < -0.3 is 14.4 Å². The second-order valence-electron chi connectivity index (χ2n) is 10.2. The number of hydrogen-bond acceptors (Lipinski definition) is 9. The molecule has 1 fully saturated rings. The molecule has 0 amide bonds. The van der Waals surface area contributed by atoms with Crippen LogP contribution >= 0.6 is 0 Å². The number of non-ortho nitro benzene ring substituents is 1. The Kier molecular flexibility index (Phi) is 9.86. The first-order chi connectivity index (χ1) is 20.0. The van der Waals surface area contributed by atoms with Gasteiger partial charge in [-0.3, -0.25) is 19.9 Å². The Morgan fingerprint density at radius 3 is 2.40 bits per heavy atom. The molecule has 0 saturated carbocycles. The second kappa shape index (κ2) is 13.4. The van der Waals surface area contributed by atoms with Crippen molar-refractivity contribution in [1.29, 1.82) is 0 Å². The first-order valence-corrected chi connectivity index (χ1v) is 15.2. The fourth-order valence-corrected chi connectivity index (χ4v) is 6.89. The summed E-state index contributed by atoms with van der Waals surface area (Å²) in [6, 6.07) is 14.1. The molecule has 0 bridgehead atoms. The zero-order chi connectivity index (χ0) is 30.4. The topological polar surface area (TPSA) is 150 Å². The number of nitro benzene ring substituents is 1. The number of aliphatic imine (C=N–C) groups is 1. The molecule has 1 N–H and O–H groups in total. The molecule has 1 unspecified atom stereocenters. The third-order valence-electron chi connectivity index (χ3n) is 7.53. The zero-order valence-corrected chi connectivity index (χ0v) is 24.6. The first kappa shape index (κ1) is 31.0. The van der Waals surface area contributed by atoms with Crippen LogP contribution in [0.4, 0.5) is 5.69 Å². The smallest absolute Gasteiger partial charge is 0.336 e. The van der Waals surface area contributed by atoms with E-state index in [9.17, 15) is 28.1 Å². The summed E-state index contributed by atoms with van der Waals surface area (Å²) in [5, 5.41) is 11.5. The van der Waals surface area contributed by atoms with Gasteiger partial charge in [-0.15, -0.1) is 0 Å². The van der Waals surface area contributed by atoms with Crippen LogP contribution in [0.15, 0.2) is 75.8 Å². The van der Waals surface area contributed by atoms with Crippen LogP contribution in [0, 0.1) is 16.0 Å². The molecule has 2 aliphatic rings. The Morgan fingerprint density at radius 2 is 1.76 bits per heavy atom. The Hall–Kier alpha value is -3.94. The van der Waals surface area contributed by atoms with Crippen molar-refractivity contribution >= 4 is 33.4 Å². The van der Waals surface area contributed by atoms with Crippen molar-refractivity contribution in [3.8, 4) is 0 Å². The molecule has 0 aliphatic carbocycles. The van der Waals surface area contributed by atoms with Crippen LogP contribution in [-0.2, 0) is 29.1 Å². The van der Waals surface area contributed by atoms with Crippen molar-refractivity contribution < 1.29 is 37.3 Å². The number of quaternary nitrogens is 1. The average molecular weight is 600 g/mol. The van der Waals surface area contributed by atoms with Crippen molar-refractivity contribution in [2.45, 2.75) is 31.6 Å². The standard InChI is InChI=1S/C29H34N4O8S/c1-4-40-28(34)25-20(2)30-21(3)26(27(25)22-9-8-10-23(19-22)33(36)37)29(35)41-18-17-31-13-15-32(16-14-31)42(38,39)24-11-6-5-7-12-24/h5-12,19,25,27H,4,13-18H2,1-3H3/p+1/t25?,27-/m1/s1. The lowest BCUT2D eigenvalue weighted by molar-refractivity contribution is -0.903. The Labute approximate surface area is 244 Å². The summed E-state index contributed by atoms with van der Waals surface area (Å²) in [7, 11) is -3.57. The van der Waals surface area contributed by atoms with Crippen LogP contribution in [0.25, 0.3) is 0 Å². The maximum Gasteiger partial charge on any atom is 0.336 e. The molecule has 224 valence electrons. The van der Waals surface area contributed by atoms with Gasteiger partial charge in [-0.05, 0) is 38.5 Å². The van der Waals surface area contributed by atoms with Crippen LogP contribution < -0.4 is 4.90 Å². The minimum atomic E-state index is -3.57. The maximum absolute atomic E-state index is 13.5. The summed E-state index contributed by atoms with van der Waals surface area (Å²) in [6.07, 6.45) is 0. The van der Waals surface area contributed by atoms with Gasteiger partial charge in [0.05, 0.1) is 48.2 Å². The number of allylic oxidation sites excluding steroid dienone is 1. The molecule has 2 heterocycles. The predicted octanol–water partition coefficient (Wildman–Crippen LogP) is 1.74. The van der Waals surface area contributed by atoms with E-state index < -0.39 is 38.7 Å². The van der Waals surface area contributed by atoms with Crippen LogP contribution in [0.2, 0.25) is 0 Å². The number of piperazine rings is 1. The average Bonchev–Trinajstić information content (AvgIpc) is 2.97. The molecular weight excluding hydrogens is 564 g/mol. The third-order valence-corrected chi connectivity index (χ3v) is 9.44. The summed E-state index contributed by atoms with van der Waals surface area (Å²) in [4.78, 5) is 43.3. The minimum absolute atomic E-state index is 0.0603. The number of esters is 2. The second-order valence-corrected chi connectivity index (χ2v) is 12.1. The van der Waals surface area contributed by atoms with E-state index >= 15 is 0 Å². The normalized spacial score (nSPS) is 20.1. The van der Waals surface area contributed by atoms with E-state index in [1.807, 2.05) is 0 Å². The number of nitro groups is 1. The number of rotatable bonds is 10. The number of nitrogens with one attached hydrogen (secondary N) is 1. The lowest BCUT2D eigenvalue weighted by atomic mass is 9.75. The number of nitrogens with zero attached hydrogens (tertiary/aromatic N) is 3. The van der Waals surface area contributed by atoms with Crippen molar-refractivity contribution in [2.75, 3.05) is 45.9 Å². The molecule has 1 saturated heterocycles. The van der Waals surface area contributed by atoms with E-state index in [1.54, 1.807) is 57.2 Å². The van der Waals surface area contributed by atoms with Crippen LogP contribution in [0.1, 0.15) is 32.3 Å². The van der Waals surface area contributed by atoms with Gasteiger partial charge in [-0.1, -0.05) is 30.3 Å². The highest BCUT2D eigenvalue weighted by Gasteiger charge is 2.43. The Balaban J connectivity index is 1.46. The molecule has 0 radical (unpaired) electrons. The van der Waals surface area contributed by atoms with Crippen LogP contribution in [0.3, 0.4) is 0 Å². The molecule has 42 heavy (non-hydrogen) atoms. The lowest BCUT2D eigenvalue weighted by Crippen LogP contribution is -3.15. The summed E-state index contributed by atoms with van der Waals surface area (Å²) < 4.78 is 38.2. The van der Waals surface area contributed by atoms with Gasteiger partial charge in [0.15, 0.2) is 0 Å². The summed E-state index contributed by atoms with van der Waals surface area (Å²) in [5.74, 6) is -3.09. The van der Waals surface area contributed by atoms with Crippen molar-refractivity contribution in [3.63, 3.8) is 0 Å². The van der Waals surface area contributed by atoms with Crippen LogP contribution in [-0.4, -0.2) is 81.2 Å². The molecule has 2 aliphatic heterocycles. The number of carbonyl (C=O) groups excluding carboxylic acids is 2. The molecule has 2 aromatic rings. The zero-order valence-electron chi connectivity index (χ0n) is 23.8. The highest BCUT2D eigenvalue weighted by atomic mass is 32.2. The summed E-state index contributed by atoms with van der Waals surface area (Å²) in [5.41, 5.74) is 1.18. The molecule has 2 atom stereocenters. The Morgan fingerprint density at radius 1 is 1.07 bits per heavy atom. The third kappa shape index (κ3) is 6.75. The van der Waals surface area contributed by atoms with Crippen molar-refractivity contribution in [1.82, 2.24) is 4.31 Å². The molecule has 2 aromatic carbocycles. The lowest BCUT2D eigenvalue weighted by Gasteiger charge is -2.32. The maximum atomic E-state index is 13.5. The molecule has 12 nitrogen and oxygen atoms in total. The van der Waals surface area contributed by atoms with Gasteiger partial charge in [0.1, 0.15) is 19.1 Å². The number of carbonyl (C=O) groups is 2. The van der Waals surface area contributed by atoms with Crippen molar-refractivity contribution in [3.05, 3.63) is 81.5 Å². The number of hydrogen-bond donors (Lipinski definition) is 1. The van der Waals surface area contributed by atoms with Gasteiger partial charge >= 0.3 is 11.9 Å². The first-order valence-electron chi connectivity index (χ1n) is 13.8.